The summed E-state index contributed by atoms with van der Waals surface area (Å²) >= 11 is 0. The zero-order valence-corrected chi connectivity index (χ0v) is 15.9. The van der Waals surface area contributed by atoms with Crippen molar-refractivity contribution in [3.63, 3.8) is 0 Å². The van der Waals surface area contributed by atoms with Crippen LogP contribution < -0.4 is 11.1 Å². The number of fused-ring (bicyclic) bond motifs is 1. The average Bonchev–Trinajstić information content (AvgIpc) is 3.16. The van der Waals surface area contributed by atoms with Gasteiger partial charge in [0.25, 0.3) is 5.91 Å². The van der Waals surface area contributed by atoms with Gasteiger partial charge in [0.1, 0.15) is 0 Å². The lowest BCUT2D eigenvalue weighted by atomic mass is 10.1. The summed E-state index contributed by atoms with van der Waals surface area (Å²) in [6.07, 6.45) is 3.96. The molecule has 0 bridgehead atoms. The molecule has 136 valence electrons. The molecule has 3 rings (SSSR count). The van der Waals surface area contributed by atoms with Crippen molar-refractivity contribution in [3.8, 4) is 5.69 Å². The molecule has 1 aliphatic carbocycles. The van der Waals surface area contributed by atoms with E-state index in [4.69, 9.17) is 5.73 Å². The van der Waals surface area contributed by atoms with Crippen LogP contribution in [0.1, 0.15) is 54.5 Å². The Balaban J connectivity index is 0.00000225. The molecule has 5 nitrogen and oxygen atoms in total. The van der Waals surface area contributed by atoms with Crippen LogP contribution in [0.3, 0.4) is 0 Å². The number of halogens is 1. The quantitative estimate of drug-likeness (QED) is 0.859. The third kappa shape index (κ3) is 3.88. The fraction of sp³-hybridized carbons (Fsp3) is 0.474. The van der Waals surface area contributed by atoms with E-state index in [1.165, 1.54) is 5.56 Å². The van der Waals surface area contributed by atoms with Gasteiger partial charge in [-0.2, -0.15) is 5.10 Å². The topological polar surface area (TPSA) is 72.9 Å². The fourth-order valence-electron chi connectivity index (χ4n) is 3.12. The summed E-state index contributed by atoms with van der Waals surface area (Å²) in [4.78, 5) is 12.7. The van der Waals surface area contributed by atoms with Crippen molar-refractivity contribution in [2.45, 2.75) is 52.0 Å². The largest absolute Gasteiger partial charge is 0.344 e. The van der Waals surface area contributed by atoms with Crippen LogP contribution in [0.5, 0.6) is 0 Å². The van der Waals surface area contributed by atoms with E-state index >= 15 is 0 Å². The van der Waals surface area contributed by atoms with Gasteiger partial charge in [0.2, 0.25) is 0 Å². The molecule has 0 spiro atoms. The van der Waals surface area contributed by atoms with Crippen molar-refractivity contribution in [3.05, 3.63) is 46.8 Å². The number of carbonyl (C=O) groups is 1. The van der Waals surface area contributed by atoms with Crippen LogP contribution in [0.15, 0.2) is 24.3 Å². The maximum Gasteiger partial charge on any atom is 0.272 e. The lowest BCUT2D eigenvalue weighted by molar-refractivity contribution is 0.0909. The number of carbonyl (C=O) groups excluding carboxylic acids is 1. The van der Waals surface area contributed by atoms with Gasteiger partial charge in [-0.15, -0.1) is 12.4 Å². The fourth-order valence-corrected chi connectivity index (χ4v) is 3.12. The summed E-state index contributed by atoms with van der Waals surface area (Å²) in [7, 11) is 0. The number of amides is 1. The number of nitrogens with zero attached hydrogens (tertiary/aromatic N) is 2. The highest BCUT2D eigenvalue weighted by Crippen LogP contribution is 2.28. The van der Waals surface area contributed by atoms with Crippen molar-refractivity contribution >= 4 is 18.3 Å². The molecule has 1 aromatic carbocycles. The second-order valence-electron chi connectivity index (χ2n) is 7.10. The number of hydrogen-bond acceptors (Lipinski definition) is 3. The number of nitrogens with two attached hydrogens (primary N) is 1. The van der Waals surface area contributed by atoms with E-state index in [-0.39, 0.29) is 18.3 Å². The molecule has 0 unspecified atom stereocenters. The maximum absolute atomic E-state index is 12.7. The standard InChI is InChI=1S/C19H26N4O.ClH/c1-4-13-8-10-14(11-9-13)23-16-7-5-6-15(16)17(22-23)18(24)21-19(2,3)12-20;/h8-11H,4-7,12,20H2,1-3H3,(H,21,24);1H. The predicted molar refractivity (Wildman–Crippen MR) is 103 cm³/mol. The van der Waals surface area contributed by atoms with E-state index in [2.05, 4.69) is 41.6 Å². The molecule has 1 amide bonds. The van der Waals surface area contributed by atoms with E-state index in [9.17, 15) is 4.79 Å². The Morgan fingerprint density at radius 1 is 1.28 bits per heavy atom. The van der Waals surface area contributed by atoms with Crippen molar-refractivity contribution in [1.29, 1.82) is 0 Å². The van der Waals surface area contributed by atoms with Gasteiger partial charge in [-0.3, -0.25) is 4.79 Å². The summed E-state index contributed by atoms with van der Waals surface area (Å²) < 4.78 is 1.94. The first-order valence-electron chi connectivity index (χ1n) is 8.68. The zero-order valence-electron chi connectivity index (χ0n) is 15.1. The number of aromatic nitrogens is 2. The van der Waals surface area contributed by atoms with Crippen molar-refractivity contribution in [1.82, 2.24) is 15.1 Å². The van der Waals surface area contributed by atoms with Crippen LogP contribution in [-0.4, -0.2) is 27.8 Å². The third-order valence-electron chi connectivity index (χ3n) is 4.70. The minimum absolute atomic E-state index is 0. The molecule has 1 aromatic heterocycles. The van der Waals surface area contributed by atoms with Gasteiger partial charge in [-0.1, -0.05) is 19.1 Å². The summed E-state index contributed by atoms with van der Waals surface area (Å²) in [5.74, 6) is -0.132. The lowest BCUT2D eigenvalue weighted by Crippen LogP contribution is -2.49. The van der Waals surface area contributed by atoms with Crippen LogP contribution in [-0.2, 0) is 19.3 Å². The third-order valence-corrected chi connectivity index (χ3v) is 4.70. The van der Waals surface area contributed by atoms with Crippen LogP contribution >= 0.6 is 12.4 Å². The Kier molecular flexibility index (Phi) is 5.91. The summed E-state index contributed by atoms with van der Waals surface area (Å²) in [5, 5.41) is 7.63. The molecule has 6 heteroatoms. The molecule has 1 aliphatic rings. The summed E-state index contributed by atoms with van der Waals surface area (Å²) in [6.45, 7) is 6.37. The molecule has 0 aliphatic heterocycles. The van der Waals surface area contributed by atoms with Gasteiger partial charge in [0.05, 0.1) is 5.69 Å². The highest BCUT2D eigenvalue weighted by Gasteiger charge is 2.29. The lowest BCUT2D eigenvalue weighted by Gasteiger charge is -2.23. The molecule has 0 fully saturated rings. The molecule has 0 saturated heterocycles. The first-order chi connectivity index (χ1) is 11.4. The normalized spacial score (nSPS) is 13.3. The van der Waals surface area contributed by atoms with Gasteiger partial charge >= 0.3 is 0 Å². The highest BCUT2D eigenvalue weighted by molar-refractivity contribution is 5.94. The van der Waals surface area contributed by atoms with Gasteiger partial charge in [-0.25, -0.2) is 4.68 Å². The van der Waals surface area contributed by atoms with Gasteiger partial charge in [-0.05, 0) is 57.2 Å². The molecule has 1 heterocycles. The van der Waals surface area contributed by atoms with Crippen LogP contribution in [0, 0.1) is 0 Å². The number of hydrogen-bond donors (Lipinski definition) is 2. The summed E-state index contributed by atoms with van der Waals surface area (Å²) in [5.41, 5.74) is 10.4. The Bertz CT molecular complexity index is 750. The Hall–Kier alpha value is -1.85. The second kappa shape index (κ2) is 7.58. The smallest absolute Gasteiger partial charge is 0.272 e. The Labute approximate surface area is 155 Å². The molecule has 25 heavy (non-hydrogen) atoms. The SMILES string of the molecule is CCc1ccc(-n2nc(C(=O)NC(C)(C)CN)c3c2CCC3)cc1.Cl. The molecule has 2 aromatic rings. The van der Waals surface area contributed by atoms with Crippen molar-refractivity contribution < 1.29 is 4.79 Å². The van der Waals surface area contributed by atoms with Crippen molar-refractivity contribution in [2.24, 2.45) is 5.73 Å². The molecule has 3 N–H and O–H groups in total. The minimum Gasteiger partial charge on any atom is -0.344 e. The maximum atomic E-state index is 12.7. The number of benzene rings is 1. The van der Waals surface area contributed by atoms with Gasteiger partial charge in [0, 0.05) is 23.3 Å². The van der Waals surface area contributed by atoms with Crippen LogP contribution in [0.4, 0.5) is 0 Å². The minimum atomic E-state index is -0.435. The van der Waals surface area contributed by atoms with Crippen molar-refractivity contribution in [2.75, 3.05) is 6.54 Å². The van der Waals surface area contributed by atoms with E-state index in [1.807, 2.05) is 18.5 Å². The first-order valence-corrected chi connectivity index (χ1v) is 8.68. The van der Waals surface area contributed by atoms with Gasteiger partial charge < -0.3 is 11.1 Å². The van der Waals surface area contributed by atoms with E-state index in [1.54, 1.807) is 0 Å². The second-order valence-corrected chi connectivity index (χ2v) is 7.10. The van der Waals surface area contributed by atoms with E-state index in [0.29, 0.717) is 12.2 Å². The monoisotopic (exact) mass is 362 g/mol. The molecular weight excluding hydrogens is 336 g/mol. The molecule has 0 radical (unpaired) electrons. The summed E-state index contributed by atoms with van der Waals surface area (Å²) in [6, 6.07) is 8.40. The van der Waals surface area contributed by atoms with E-state index < -0.39 is 5.54 Å². The number of rotatable bonds is 5. The Morgan fingerprint density at radius 2 is 1.96 bits per heavy atom. The van der Waals surface area contributed by atoms with Crippen LogP contribution in [0.25, 0.3) is 5.69 Å². The zero-order chi connectivity index (χ0) is 17.3. The molecular formula is C19H27ClN4O. The molecule has 0 saturated carbocycles. The van der Waals surface area contributed by atoms with Crippen LogP contribution in [0.2, 0.25) is 0 Å². The van der Waals surface area contributed by atoms with Gasteiger partial charge in [0.15, 0.2) is 5.69 Å². The predicted octanol–water partition coefficient (Wildman–Crippen LogP) is 2.81. The highest BCUT2D eigenvalue weighted by atomic mass is 35.5. The molecule has 0 atom stereocenters. The average molecular weight is 363 g/mol. The number of aryl methyl sites for hydroxylation is 1. The Morgan fingerprint density at radius 3 is 2.56 bits per heavy atom. The first kappa shape index (κ1) is 19.5. The van der Waals surface area contributed by atoms with E-state index in [0.717, 1.165) is 42.6 Å². The number of nitrogens with one attached hydrogen (secondary N) is 1.